The summed E-state index contributed by atoms with van der Waals surface area (Å²) in [6.45, 7) is 1.83. The van der Waals surface area contributed by atoms with Gasteiger partial charge >= 0.3 is 0 Å². The van der Waals surface area contributed by atoms with Crippen LogP contribution in [0.2, 0.25) is 0 Å². The third-order valence-corrected chi connectivity index (χ3v) is 6.54. The number of amides is 1. The molecular formula is C17H16N2O3S2. The highest BCUT2D eigenvalue weighted by Crippen LogP contribution is 2.20. The maximum Gasteiger partial charge on any atom is 0.236 e. The summed E-state index contributed by atoms with van der Waals surface area (Å²) in [4.78, 5) is 15.9. The minimum absolute atomic E-state index is 0.0315. The lowest BCUT2D eigenvalue weighted by Gasteiger charge is -2.15. The van der Waals surface area contributed by atoms with Crippen molar-refractivity contribution in [1.82, 2.24) is 10.3 Å². The van der Waals surface area contributed by atoms with Crippen molar-refractivity contribution in [1.29, 1.82) is 0 Å². The van der Waals surface area contributed by atoms with E-state index in [4.69, 9.17) is 0 Å². The number of carbonyl (C=O) groups excluding carboxylic acids is 1. The van der Waals surface area contributed by atoms with Crippen molar-refractivity contribution in [3.05, 3.63) is 59.6 Å². The van der Waals surface area contributed by atoms with Gasteiger partial charge in [0, 0.05) is 11.6 Å². The molecule has 5 nitrogen and oxygen atoms in total. The molecule has 0 saturated carbocycles. The average molecular weight is 360 g/mol. The second-order valence-corrected chi connectivity index (χ2v) is 8.51. The second-order valence-electron chi connectivity index (χ2n) is 5.45. The Morgan fingerprint density at radius 2 is 1.96 bits per heavy atom. The summed E-state index contributed by atoms with van der Waals surface area (Å²) in [6.07, 6.45) is 1.41. The molecule has 7 heteroatoms. The van der Waals surface area contributed by atoms with Gasteiger partial charge in [0.05, 0.1) is 6.04 Å². The summed E-state index contributed by atoms with van der Waals surface area (Å²) in [6, 6.07) is 13.6. The normalized spacial score (nSPS) is 12.9. The summed E-state index contributed by atoms with van der Waals surface area (Å²) in [5.74, 6) is -1.14. The largest absolute Gasteiger partial charge is 0.349 e. The summed E-state index contributed by atoms with van der Waals surface area (Å²) in [5.41, 5.74) is 0.925. The van der Waals surface area contributed by atoms with E-state index in [-0.39, 0.29) is 10.4 Å². The summed E-state index contributed by atoms with van der Waals surface area (Å²) < 4.78 is 24.1. The molecule has 1 aromatic heterocycles. The van der Waals surface area contributed by atoms with Gasteiger partial charge in [-0.2, -0.15) is 0 Å². The molecule has 0 unspecified atom stereocenters. The van der Waals surface area contributed by atoms with E-state index < -0.39 is 21.5 Å². The molecule has 0 aliphatic heterocycles. The van der Waals surface area contributed by atoms with Crippen molar-refractivity contribution in [3.8, 4) is 0 Å². The molecule has 3 aromatic rings. The van der Waals surface area contributed by atoms with Gasteiger partial charge in [0.15, 0.2) is 0 Å². The average Bonchev–Trinajstić information content (AvgIpc) is 3.09. The first-order valence-electron chi connectivity index (χ1n) is 7.36. The molecule has 124 valence electrons. The Hall–Kier alpha value is -2.25. The first-order valence-corrected chi connectivity index (χ1v) is 9.89. The fourth-order valence-electron chi connectivity index (χ4n) is 2.44. The van der Waals surface area contributed by atoms with Crippen LogP contribution in [0.3, 0.4) is 0 Å². The van der Waals surface area contributed by atoms with E-state index in [2.05, 4.69) is 10.3 Å². The number of hydrogen-bond acceptors (Lipinski definition) is 5. The standard InChI is InChI=1S/C17H16N2O3S2/c1-12(14-7-6-13-4-2-3-5-15(13)10-14)19-16(20)11-24(21,22)17-18-8-9-23-17/h2-10,12H,11H2,1H3,(H,19,20)/t12-/m0/s1. The predicted octanol–water partition coefficient (Wildman–Crippen LogP) is 2.95. The second kappa shape index (κ2) is 6.70. The molecule has 2 aromatic carbocycles. The molecule has 1 atom stereocenters. The van der Waals surface area contributed by atoms with Crippen LogP contribution < -0.4 is 5.32 Å². The molecule has 0 radical (unpaired) electrons. The monoisotopic (exact) mass is 360 g/mol. The van der Waals surface area contributed by atoms with E-state index in [0.717, 1.165) is 27.7 Å². The van der Waals surface area contributed by atoms with Gasteiger partial charge in [-0.05, 0) is 29.3 Å². The Kier molecular flexibility index (Phi) is 4.64. The van der Waals surface area contributed by atoms with Crippen molar-refractivity contribution in [2.24, 2.45) is 0 Å². The number of sulfone groups is 1. The topological polar surface area (TPSA) is 76.1 Å². The van der Waals surface area contributed by atoms with Crippen LogP contribution in [0.1, 0.15) is 18.5 Å². The highest BCUT2D eigenvalue weighted by Gasteiger charge is 2.23. The lowest BCUT2D eigenvalue weighted by Crippen LogP contribution is -2.32. The van der Waals surface area contributed by atoms with Crippen LogP contribution in [-0.2, 0) is 14.6 Å². The zero-order valence-corrected chi connectivity index (χ0v) is 14.6. The van der Waals surface area contributed by atoms with Crippen LogP contribution in [0.15, 0.2) is 58.4 Å². The molecule has 1 N–H and O–H groups in total. The molecule has 0 fully saturated rings. The van der Waals surface area contributed by atoms with E-state index in [0.29, 0.717) is 0 Å². The lowest BCUT2D eigenvalue weighted by molar-refractivity contribution is -0.119. The van der Waals surface area contributed by atoms with Crippen LogP contribution in [0, 0.1) is 0 Å². The van der Waals surface area contributed by atoms with E-state index >= 15 is 0 Å². The van der Waals surface area contributed by atoms with Crippen LogP contribution in [-0.4, -0.2) is 25.1 Å². The van der Waals surface area contributed by atoms with E-state index in [9.17, 15) is 13.2 Å². The van der Waals surface area contributed by atoms with Gasteiger partial charge in [-0.25, -0.2) is 13.4 Å². The summed E-state index contributed by atoms with van der Waals surface area (Å²) in [7, 11) is -3.68. The third-order valence-electron chi connectivity index (χ3n) is 3.65. The molecule has 3 rings (SSSR count). The zero-order chi connectivity index (χ0) is 17.2. The van der Waals surface area contributed by atoms with Crippen LogP contribution in [0.5, 0.6) is 0 Å². The number of nitrogens with one attached hydrogen (secondary N) is 1. The van der Waals surface area contributed by atoms with Gasteiger partial charge in [0.1, 0.15) is 5.75 Å². The Labute approximate surface area is 144 Å². The maximum absolute atomic E-state index is 12.1. The van der Waals surface area contributed by atoms with Crippen LogP contribution in [0.25, 0.3) is 10.8 Å². The van der Waals surface area contributed by atoms with E-state index in [1.54, 1.807) is 5.38 Å². The van der Waals surface area contributed by atoms with Gasteiger partial charge in [-0.3, -0.25) is 4.79 Å². The zero-order valence-electron chi connectivity index (χ0n) is 13.0. The SMILES string of the molecule is C[C@H](NC(=O)CS(=O)(=O)c1nccs1)c1ccc2ccccc2c1. The molecule has 24 heavy (non-hydrogen) atoms. The minimum Gasteiger partial charge on any atom is -0.349 e. The lowest BCUT2D eigenvalue weighted by atomic mass is 10.0. The number of thiazole rings is 1. The quantitative estimate of drug-likeness (QED) is 0.759. The Balaban J connectivity index is 1.71. The van der Waals surface area contributed by atoms with Crippen LogP contribution >= 0.6 is 11.3 Å². The highest BCUT2D eigenvalue weighted by atomic mass is 32.2. The molecule has 1 amide bonds. The number of fused-ring (bicyclic) bond motifs is 1. The van der Waals surface area contributed by atoms with Crippen molar-refractivity contribution in [2.75, 3.05) is 5.75 Å². The summed E-state index contributed by atoms with van der Waals surface area (Å²) in [5, 5.41) is 6.50. The number of carbonyl (C=O) groups is 1. The van der Waals surface area contributed by atoms with Gasteiger partial charge in [-0.15, -0.1) is 11.3 Å². The molecule has 0 bridgehead atoms. The number of nitrogens with zero attached hydrogens (tertiary/aromatic N) is 1. The summed E-state index contributed by atoms with van der Waals surface area (Å²) >= 11 is 1.01. The van der Waals surface area contributed by atoms with Crippen molar-refractivity contribution < 1.29 is 13.2 Å². The van der Waals surface area contributed by atoms with E-state index in [1.165, 1.54) is 6.20 Å². The number of benzene rings is 2. The maximum atomic E-state index is 12.1. The molecule has 0 saturated heterocycles. The molecule has 0 aliphatic rings. The van der Waals surface area contributed by atoms with Gasteiger partial charge in [0.2, 0.25) is 20.1 Å². The highest BCUT2D eigenvalue weighted by molar-refractivity contribution is 7.93. The predicted molar refractivity (Wildman–Crippen MR) is 94.7 cm³/mol. The Morgan fingerprint density at radius 3 is 2.67 bits per heavy atom. The van der Waals surface area contributed by atoms with Crippen molar-refractivity contribution in [3.63, 3.8) is 0 Å². The minimum atomic E-state index is -3.68. The van der Waals surface area contributed by atoms with Crippen molar-refractivity contribution >= 4 is 37.9 Å². The first kappa shape index (κ1) is 16.6. The smallest absolute Gasteiger partial charge is 0.236 e. The number of hydrogen-bond donors (Lipinski definition) is 1. The van der Waals surface area contributed by atoms with Crippen molar-refractivity contribution in [2.45, 2.75) is 17.3 Å². The molecular weight excluding hydrogens is 344 g/mol. The van der Waals surface area contributed by atoms with Crippen LogP contribution in [0.4, 0.5) is 0 Å². The third kappa shape index (κ3) is 3.63. The fourth-order valence-corrected chi connectivity index (χ4v) is 4.51. The van der Waals surface area contributed by atoms with Gasteiger partial charge < -0.3 is 5.32 Å². The molecule has 0 aliphatic carbocycles. The number of aromatic nitrogens is 1. The van der Waals surface area contributed by atoms with E-state index in [1.807, 2.05) is 49.4 Å². The van der Waals surface area contributed by atoms with Gasteiger partial charge in [-0.1, -0.05) is 36.4 Å². The Bertz CT molecular complexity index is 966. The number of rotatable bonds is 5. The Morgan fingerprint density at radius 1 is 1.21 bits per heavy atom. The molecule has 0 spiro atoms. The first-order chi connectivity index (χ1) is 11.5. The fraction of sp³-hybridized carbons (Fsp3) is 0.176. The molecule has 1 heterocycles. The van der Waals surface area contributed by atoms with Gasteiger partial charge in [0.25, 0.3) is 0 Å².